The Hall–Kier alpha value is -2.28. The zero-order valence-electron chi connectivity index (χ0n) is 11.4. The molecule has 0 unspecified atom stereocenters. The summed E-state index contributed by atoms with van der Waals surface area (Å²) in [7, 11) is 0. The Morgan fingerprint density at radius 3 is 2.95 bits per heavy atom. The van der Waals surface area contributed by atoms with Crippen molar-refractivity contribution in [3.05, 3.63) is 45.9 Å². The fourth-order valence-electron chi connectivity index (χ4n) is 2.10. The van der Waals surface area contributed by atoms with Crippen molar-refractivity contribution in [2.45, 2.75) is 19.9 Å². The zero-order valence-corrected chi connectivity index (χ0v) is 12.2. The van der Waals surface area contributed by atoms with Gasteiger partial charge in [0.2, 0.25) is 5.01 Å². The Morgan fingerprint density at radius 2 is 2.24 bits per heavy atom. The molecular formula is C14H12FN3O2S. The summed E-state index contributed by atoms with van der Waals surface area (Å²) in [6.07, 6.45) is 1.46. The van der Waals surface area contributed by atoms with Crippen LogP contribution in [0.15, 0.2) is 28.9 Å². The number of fused-ring (bicyclic) bond motifs is 1. The molecule has 0 radical (unpaired) electrons. The average Bonchev–Trinajstić information content (AvgIpc) is 3.05. The number of amides is 1. The van der Waals surface area contributed by atoms with Gasteiger partial charge < -0.3 is 9.73 Å². The topological polar surface area (TPSA) is 68.0 Å². The monoisotopic (exact) mass is 305 g/mol. The molecule has 0 aliphatic heterocycles. The van der Waals surface area contributed by atoms with Gasteiger partial charge in [-0.1, -0.05) is 23.5 Å². The molecule has 3 aromatic rings. The van der Waals surface area contributed by atoms with Gasteiger partial charge in [0.1, 0.15) is 5.01 Å². The van der Waals surface area contributed by atoms with Crippen molar-refractivity contribution in [3.63, 3.8) is 0 Å². The molecule has 108 valence electrons. The maximum atomic E-state index is 13.6. The predicted molar refractivity (Wildman–Crippen MR) is 76.7 cm³/mol. The molecule has 0 aliphatic carbocycles. The summed E-state index contributed by atoms with van der Waals surface area (Å²) in [5.41, 5.74) is 0.916. The van der Waals surface area contributed by atoms with E-state index >= 15 is 0 Å². The quantitative estimate of drug-likeness (QED) is 0.806. The van der Waals surface area contributed by atoms with Crippen molar-refractivity contribution in [2.24, 2.45) is 0 Å². The Bertz CT molecular complexity index is 812. The van der Waals surface area contributed by atoms with Gasteiger partial charge in [0, 0.05) is 10.9 Å². The summed E-state index contributed by atoms with van der Waals surface area (Å²) in [5.74, 6) is -0.726. The van der Waals surface area contributed by atoms with Crippen molar-refractivity contribution in [2.75, 3.05) is 0 Å². The minimum absolute atomic E-state index is 0.195. The van der Waals surface area contributed by atoms with Crippen LogP contribution in [0.2, 0.25) is 0 Å². The molecular weight excluding hydrogens is 293 g/mol. The number of halogens is 1. The molecule has 1 amide bonds. The highest BCUT2D eigenvalue weighted by Crippen LogP contribution is 2.28. The Balaban J connectivity index is 1.86. The van der Waals surface area contributed by atoms with Crippen LogP contribution in [0.3, 0.4) is 0 Å². The first-order chi connectivity index (χ1) is 10.1. The summed E-state index contributed by atoms with van der Waals surface area (Å²) >= 11 is 1.22. The van der Waals surface area contributed by atoms with Crippen molar-refractivity contribution in [3.8, 4) is 0 Å². The third kappa shape index (κ3) is 2.52. The van der Waals surface area contributed by atoms with E-state index in [1.54, 1.807) is 26.0 Å². The van der Waals surface area contributed by atoms with Crippen LogP contribution in [0.5, 0.6) is 0 Å². The lowest BCUT2D eigenvalue weighted by molar-refractivity contribution is 0.0939. The smallest absolute Gasteiger partial charge is 0.282 e. The molecule has 21 heavy (non-hydrogen) atoms. The molecule has 2 heterocycles. The molecule has 0 saturated heterocycles. The largest absolute Gasteiger partial charge is 0.461 e. The molecule has 0 fully saturated rings. The van der Waals surface area contributed by atoms with Crippen molar-refractivity contribution in [1.82, 2.24) is 15.5 Å². The van der Waals surface area contributed by atoms with Gasteiger partial charge in [-0.15, -0.1) is 10.2 Å². The molecule has 7 heteroatoms. The number of nitrogens with zero attached hydrogens (tertiary/aromatic N) is 2. The van der Waals surface area contributed by atoms with Crippen molar-refractivity contribution >= 4 is 28.2 Å². The highest BCUT2D eigenvalue weighted by Gasteiger charge is 2.19. The van der Waals surface area contributed by atoms with Crippen molar-refractivity contribution in [1.29, 1.82) is 0 Å². The maximum Gasteiger partial charge on any atom is 0.282 e. The molecule has 0 saturated carbocycles. The molecule has 0 aliphatic rings. The van der Waals surface area contributed by atoms with E-state index in [1.807, 2.05) is 0 Å². The molecule has 5 nitrogen and oxygen atoms in total. The molecule has 0 spiro atoms. The normalized spacial score (nSPS) is 12.5. The van der Waals surface area contributed by atoms with E-state index in [1.165, 1.54) is 23.7 Å². The van der Waals surface area contributed by atoms with Crippen LogP contribution in [0, 0.1) is 12.7 Å². The Labute approximate surface area is 123 Å². The maximum absolute atomic E-state index is 13.6. The second-order valence-corrected chi connectivity index (χ2v) is 5.81. The van der Waals surface area contributed by atoms with Crippen LogP contribution in [0.4, 0.5) is 4.39 Å². The van der Waals surface area contributed by atoms with Gasteiger partial charge in [0.25, 0.3) is 5.91 Å². The third-order valence-electron chi connectivity index (χ3n) is 3.12. The van der Waals surface area contributed by atoms with E-state index in [9.17, 15) is 9.18 Å². The van der Waals surface area contributed by atoms with Gasteiger partial charge in [-0.05, 0) is 19.9 Å². The number of hydrogen-bond donors (Lipinski definition) is 1. The number of furan rings is 1. The second kappa shape index (κ2) is 5.25. The number of aromatic nitrogens is 2. The SMILES string of the molecule is Cc1nnc(C(=O)N[C@H](C)c2coc3c(F)cccc23)s1. The first-order valence-electron chi connectivity index (χ1n) is 6.33. The number of aryl methyl sites for hydroxylation is 1. The number of carbonyl (C=O) groups is 1. The van der Waals surface area contributed by atoms with E-state index in [2.05, 4.69) is 15.5 Å². The summed E-state index contributed by atoms with van der Waals surface area (Å²) in [5, 5.41) is 12.1. The number of nitrogens with one attached hydrogen (secondary N) is 1. The van der Waals surface area contributed by atoms with Crippen molar-refractivity contribution < 1.29 is 13.6 Å². The summed E-state index contributed by atoms with van der Waals surface area (Å²) in [6.45, 7) is 3.59. The first-order valence-corrected chi connectivity index (χ1v) is 7.14. The lowest BCUT2D eigenvalue weighted by atomic mass is 10.1. The van der Waals surface area contributed by atoms with Crippen LogP contribution in [-0.2, 0) is 0 Å². The standard InChI is InChI=1S/C14H12FN3O2S/c1-7(16-13(19)14-18-17-8(2)21-14)10-6-20-12-9(10)4-3-5-11(12)15/h3-7H,1-2H3,(H,16,19)/t7-/m1/s1. The van der Waals surface area contributed by atoms with E-state index in [4.69, 9.17) is 4.42 Å². The number of carbonyl (C=O) groups excluding carboxylic acids is 1. The minimum Gasteiger partial charge on any atom is -0.461 e. The first kappa shape index (κ1) is 13.7. The Morgan fingerprint density at radius 1 is 1.43 bits per heavy atom. The highest BCUT2D eigenvalue weighted by atomic mass is 32.1. The van der Waals surface area contributed by atoms with E-state index in [-0.39, 0.29) is 17.5 Å². The lowest BCUT2D eigenvalue weighted by Gasteiger charge is -2.11. The molecule has 0 bridgehead atoms. The van der Waals surface area contributed by atoms with E-state index < -0.39 is 5.82 Å². The van der Waals surface area contributed by atoms with E-state index in [0.717, 1.165) is 10.6 Å². The number of hydrogen-bond acceptors (Lipinski definition) is 5. The second-order valence-electron chi connectivity index (χ2n) is 4.63. The highest BCUT2D eigenvalue weighted by molar-refractivity contribution is 7.13. The average molecular weight is 305 g/mol. The lowest BCUT2D eigenvalue weighted by Crippen LogP contribution is -2.26. The molecule has 1 atom stereocenters. The van der Waals surface area contributed by atoms with Gasteiger partial charge in [0.15, 0.2) is 11.4 Å². The summed E-state index contributed by atoms with van der Waals surface area (Å²) in [6, 6.07) is 4.38. The van der Waals surface area contributed by atoms with Gasteiger partial charge in [0.05, 0.1) is 12.3 Å². The fourth-order valence-corrected chi connectivity index (χ4v) is 2.70. The zero-order chi connectivity index (χ0) is 15.0. The minimum atomic E-state index is -0.419. The summed E-state index contributed by atoms with van der Waals surface area (Å²) < 4.78 is 18.8. The van der Waals surface area contributed by atoms with Crippen LogP contribution in [-0.4, -0.2) is 16.1 Å². The van der Waals surface area contributed by atoms with Crippen LogP contribution < -0.4 is 5.32 Å². The van der Waals surface area contributed by atoms with Crippen LogP contribution in [0.25, 0.3) is 11.0 Å². The van der Waals surface area contributed by atoms with E-state index in [0.29, 0.717) is 10.4 Å². The fraction of sp³-hybridized carbons (Fsp3) is 0.214. The number of rotatable bonds is 3. The predicted octanol–water partition coefficient (Wildman–Crippen LogP) is 3.22. The molecule has 3 rings (SSSR count). The Kier molecular flexibility index (Phi) is 3.42. The van der Waals surface area contributed by atoms with Gasteiger partial charge >= 0.3 is 0 Å². The number of benzene rings is 1. The van der Waals surface area contributed by atoms with Gasteiger partial charge in [-0.3, -0.25) is 4.79 Å². The molecule has 1 N–H and O–H groups in total. The number of para-hydroxylation sites is 1. The van der Waals surface area contributed by atoms with Gasteiger partial charge in [-0.2, -0.15) is 0 Å². The van der Waals surface area contributed by atoms with Crippen LogP contribution >= 0.6 is 11.3 Å². The van der Waals surface area contributed by atoms with Crippen LogP contribution in [0.1, 0.15) is 33.3 Å². The summed E-state index contributed by atoms with van der Waals surface area (Å²) in [4.78, 5) is 12.1. The molecule has 1 aromatic carbocycles. The molecule has 2 aromatic heterocycles. The third-order valence-corrected chi connectivity index (χ3v) is 3.95. The van der Waals surface area contributed by atoms with Gasteiger partial charge in [-0.25, -0.2) is 4.39 Å².